The highest BCUT2D eigenvalue weighted by Crippen LogP contribution is 2.28. The molecule has 0 atom stereocenters. The van der Waals surface area contributed by atoms with Crippen LogP contribution in [0.1, 0.15) is 36.8 Å². The van der Waals surface area contributed by atoms with Crippen LogP contribution in [0.3, 0.4) is 0 Å². The number of ether oxygens (including phenoxy) is 1. The zero-order valence-electron chi connectivity index (χ0n) is 18.2. The van der Waals surface area contributed by atoms with E-state index < -0.39 is 0 Å². The lowest BCUT2D eigenvalue weighted by atomic mass is 9.85. The number of hydrazine groups is 1. The Hall–Kier alpha value is -3.22. The topological polar surface area (TPSA) is 80.5 Å². The molecule has 4 rings (SSSR count). The van der Waals surface area contributed by atoms with Gasteiger partial charge in [0.25, 0.3) is 0 Å². The summed E-state index contributed by atoms with van der Waals surface area (Å²) in [5, 5.41) is 4.90. The fourth-order valence-electron chi connectivity index (χ4n) is 4.12. The largest absolute Gasteiger partial charge is 0.489 e. The number of nitrogens with two attached hydrogens (primary N) is 1. The van der Waals surface area contributed by atoms with Crippen LogP contribution < -0.4 is 15.9 Å². The number of rotatable bonds is 8. The molecule has 3 aromatic rings. The third-order valence-corrected chi connectivity index (χ3v) is 6.02. The van der Waals surface area contributed by atoms with E-state index in [2.05, 4.69) is 34.6 Å². The molecule has 1 aliphatic rings. The summed E-state index contributed by atoms with van der Waals surface area (Å²) in [6.45, 7) is 1.23. The number of nitrogens with one attached hydrogen (secondary N) is 1. The fourth-order valence-corrected chi connectivity index (χ4v) is 4.12. The molecule has 1 aliphatic carbocycles. The van der Waals surface area contributed by atoms with E-state index >= 15 is 0 Å². The van der Waals surface area contributed by atoms with Crippen LogP contribution in [0.2, 0.25) is 0 Å². The van der Waals surface area contributed by atoms with Crippen LogP contribution in [0.25, 0.3) is 0 Å². The Balaban J connectivity index is 1.21. The van der Waals surface area contributed by atoms with Gasteiger partial charge >= 0.3 is 0 Å². The second-order valence-electron chi connectivity index (χ2n) is 8.32. The van der Waals surface area contributed by atoms with E-state index in [1.54, 1.807) is 12.4 Å². The van der Waals surface area contributed by atoms with E-state index in [4.69, 9.17) is 10.6 Å². The Morgan fingerprint density at radius 2 is 1.62 bits per heavy atom. The number of hydrogen-bond donors (Lipinski definition) is 2. The van der Waals surface area contributed by atoms with Gasteiger partial charge in [-0.2, -0.15) is 0 Å². The number of anilines is 1. The zero-order chi connectivity index (χ0) is 22.2. The first-order chi connectivity index (χ1) is 15.7. The summed E-state index contributed by atoms with van der Waals surface area (Å²) in [6.07, 6.45) is 6.90. The predicted octanol–water partition coefficient (Wildman–Crippen LogP) is 4.53. The Morgan fingerprint density at radius 3 is 2.31 bits per heavy atom. The van der Waals surface area contributed by atoms with Gasteiger partial charge in [-0.1, -0.05) is 42.5 Å². The molecule has 0 unspecified atom stereocenters. The Morgan fingerprint density at radius 1 is 0.938 bits per heavy atom. The predicted molar refractivity (Wildman–Crippen MR) is 126 cm³/mol. The molecule has 1 saturated carbocycles. The van der Waals surface area contributed by atoms with Gasteiger partial charge in [-0.25, -0.2) is 5.01 Å². The minimum absolute atomic E-state index is 0.0360. The van der Waals surface area contributed by atoms with Crippen LogP contribution in [-0.2, 0) is 17.9 Å². The minimum Gasteiger partial charge on any atom is -0.489 e. The van der Waals surface area contributed by atoms with Crippen molar-refractivity contribution in [2.45, 2.75) is 44.9 Å². The maximum atomic E-state index is 12.5. The molecule has 0 radical (unpaired) electrons. The number of carbonyl (C=O) groups excluding carboxylic acids is 1. The molecule has 1 fully saturated rings. The number of pyridine rings is 1. The second-order valence-corrected chi connectivity index (χ2v) is 8.32. The molecule has 2 aromatic carbocycles. The van der Waals surface area contributed by atoms with Gasteiger partial charge in [-0.3, -0.25) is 15.6 Å². The summed E-state index contributed by atoms with van der Waals surface area (Å²) in [5.41, 5.74) is 3.09. The molecule has 1 amide bonds. The number of hydrogen-bond acceptors (Lipinski definition) is 5. The monoisotopic (exact) mass is 430 g/mol. The summed E-state index contributed by atoms with van der Waals surface area (Å²) in [5.74, 6) is 7.37. The van der Waals surface area contributed by atoms with Crippen LogP contribution >= 0.6 is 0 Å². The van der Waals surface area contributed by atoms with E-state index in [1.165, 1.54) is 0 Å². The van der Waals surface area contributed by atoms with Gasteiger partial charge in [0.1, 0.15) is 12.4 Å². The molecule has 32 heavy (non-hydrogen) atoms. The average Bonchev–Trinajstić information content (AvgIpc) is 2.85. The molecule has 1 heterocycles. The first-order valence-electron chi connectivity index (χ1n) is 11.2. The van der Waals surface area contributed by atoms with Crippen molar-refractivity contribution in [2.75, 3.05) is 5.32 Å². The fraction of sp³-hybridized carbons (Fsp3) is 0.308. The maximum absolute atomic E-state index is 12.5. The molecule has 1 aromatic heterocycles. The maximum Gasteiger partial charge on any atom is 0.227 e. The van der Waals surface area contributed by atoms with Crippen molar-refractivity contribution in [3.05, 3.63) is 90.3 Å². The van der Waals surface area contributed by atoms with Crippen molar-refractivity contribution in [2.24, 2.45) is 11.8 Å². The van der Waals surface area contributed by atoms with E-state index in [0.29, 0.717) is 13.2 Å². The standard InChI is InChI=1S/C26H30N4O2/c27-30(18-20-6-12-25(13-7-20)32-19-21-4-2-1-3-5-21)24-10-8-22(9-11-24)26(31)29-23-14-16-28-17-15-23/h1-7,12-17,22,24H,8-11,18-19,27H2,(H,28,29,31). The number of aromatic nitrogens is 1. The second kappa shape index (κ2) is 10.9. The number of amides is 1. The van der Waals surface area contributed by atoms with Gasteiger partial charge in [0.15, 0.2) is 0 Å². The van der Waals surface area contributed by atoms with Crippen LogP contribution in [0, 0.1) is 5.92 Å². The molecule has 0 aliphatic heterocycles. The molecular formula is C26H30N4O2. The lowest BCUT2D eigenvalue weighted by Gasteiger charge is -2.33. The van der Waals surface area contributed by atoms with Crippen molar-refractivity contribution >= 4 is 11.6 Å². The Kier molecular flexibility index (Phi) is 7.48. The lowest BCUT2D eigenvalue weighted by Crippen LogP contribution is -2.43. The SMILES string of the molecule is NN(Cc1ccc(OCc2ccccc2)cc1)C1CCC(C(=O)Nc2ccncc2)CC1. The van der Waals surface area contributed by atoms with Gasteiger partial charge in [0.05, 0.1) is 0 Å². The average molecular weight is 431 g/mol. The summed E-state index contributed by atoms with van der Waals surface area (Å²) >= 11 is 0. The molecule has 6 heteroatoms. The first-order valence-corrected chi connectivity index (χ1v) is 11.2. The van der Waals surface area contributed by atoms with Crippen molar-refractivity contribution in [1.82, 2.24) is 9.99 Å². The van der Waals surface area contributed by atoms with Crippen LogP contribution in [0.4, 0.5) is 5.69 Å². The van der Waals surface area contributed by atoms with E-state index in [0.717, 1.165) is 48.2 Å². The van der Waals surface area contributed by atoms with Gasteiger partial charge in [0.2, 0.25) is 5.91 Å². The molecule has 0 saturated heterocycles. The lowest BCUT2D eigenvalue weighted by molar-refractivity contribution is -0.121. The highest BCUT2D eigenvalue weighted by molar-refractivity contribution is 5.92. The quantitative estimate of drug-likeness (QED) is 0.405. The summed E-state index contributed by atoms with van der Waals surface area (Å²) in [6, 6.07) is 22.1. The van der Waals surface area contributed by atoms with Crippen LogP contribution in [-0.4, -0.2) is 21.9 Å². The third kappa shape index (κ3) is 6.15. The summed E-state index contributed by atoms with van der Waals surface area (Å²) in [7, 11) is 0. The van der Waals surface area contributed by atoms with E-state index in [9.17, 15) is 4.79 Å². The van der Waals surface area contributed by atoms with E-state index in [1.807, 2.05) is 47.5 Å². The number of nitrogens with zero attached hydrogens (tertiary/aromatic N) is 2. The third-order valence-electron chi connectivity index (χ3n) is 6.02. The molecule has 0 bridgehead atoms. The molecule has 0 spiro atoms. The Labute approximate surface area is 189 Å². The normalized spacial score (nSPS) is 18.3. The summed E-state index contributed by atoms with van der Waals surface area (Å²) < 4.78 is 5.86. The number of benzene rings is 2. The van der Waals surface area contributed by atoms with Gasteiger partial charge in [0, 0.05) is 36.6 Å². The molecule has 3 N–H and O–H groups in total. The van der Waals surface area contributed by atoms with Crippen molar-refractivity contribution < 1.29 is 9.53 Å². The highest BCUT2D eigenvalue weighted by atomic mass is 16.5. The van der Waals surface area contributed by atoms with Gasteiger partial charge < -0.3 is 10.1 Å². The van der Waals surface area contributed by atoms with Crippen LogP contribution in [0.5, 0.6) is 5.75 Å². The molecule has 6 nitrogen and oxygen atoms in total. The van der Waals surface area contributed by atoms with Crippen molar-refractivity contribution in [3.8, 4) is 5.75 Å². The zero-order valence-corrected chi connectivity index (χ0v) is 18.2. The minimum atomic E-state index is 0.0360. The van der Waals surface area contributed by atoms with Gasteiger partial charge in [-0.15, -0.1) is 0 Å². The summed E-state index contributed by atoms with van der Waals surface area (Å²) in [4.78, 5) is 16.5. The Bertz CT molecular complexity index is 972. The first kappa shape index (κ1) is 22.0. The van der Waals surface area contributed by atoms with Gasteiger partial charge in [-0.05, 0) is 61.1 Å². The van der Waals surface area contributed by atoms with Crippen molar-refractivity contribution in [1.29, 1.82) is 0 Å². The smallest absolute Gasteiger partial charge is 0.227 e. The number of carbonyl (C=O) groups is 1. The van der Waals surface area contributed by atoms with E-state index in [-0.39, 0.29) is 17.9 Å². The molecule has 166 valence electrons. The highest BCUT2D eigenvalue weighted by Gasteiger charge is 2.28. The van der Waals surface area contributed by atoms with Crippen LogP contribution in [0.15, 0.2) is 79.1 Å². The molecular weight excluding hydrogens is 400 g/mol. The van der Waals surface area contributed by atoms with Crippen molar-refractivity contribution in [3.63, 3.8) is 0 Å².